The van der Waals surface area contributed by atoms with Crippen LogP contribution < -0.4 is 10.6 Å². The molecule has 0 bridgehead atoms. The van der Waals surface area contributed by atoms with E-state index in [1.165, 1.54) is 0 Å². The van der Waals surface area contributed by atoms with Crippen molar-refractivity contribution in [2.45, 2.75) is 30.4 Å². The van der Waals surface area contributed by atoms with Gasteiger partial charge in [0.05, 0.1) is 16.8 Å². The highest BCUT2D eigenvalue weighted by atomic mass is 32.2. The number of nitrogens with one attached hydrogen (secondary N) is 2. The largest absolute Gasteiger partial charge is 0.347 e. The lowest BCUT2D eigenvalue weighted by molar-refractivity contribution is -0.124. The maximum Gasteiger partial charge on any atom is 0.243 e. The first-order valence-electron chi connectivity index (χ1n) is 8.98. The number of fused-ring (bicyclic) bond motifs is 1. The highest BCUT2D eigenvalue weighted by Crippen LogP contribution is 2.32. The number of nitrogens with zero attached hydrogens (tertiary/aromatic N) is 2. The average Bonchev–Trinajstić information content (AvgIpc) is 3.07. The van der Waals surface area contributed by atoms with Crippen molar-refractivity contribution in [1.29, 1.82) is 0 Å². The van der Waals surface area contributed by atoms with Gasteiger partial charge in [-0.05, 0) is 35.7 Å². The Balaban J connectivity index is 1.56. The molecule has 0 spiro atoms. The third kappa shape index (κ3) is 6.03. The molecule has 0 radical (unpaired) electrons. The summed E-state index contributed by atoms with van der Waals surface area (Å²) in [4.78, 5) is 32.5. The smallest absolute Gasteiger partial charge is 0.243 e. The second-order valence-electron chi connectivity index (χ2n) is 6.74. The standard InChI is InChI=1S/C20H22N4O2S2/c1-13(2)8-18(25)22-11-19(26)23-15-5-6-16-17(9-15)28-20(24-16)27-12-14-4-3-7-21-10-14/h3-7,9-10,13H,8,11-12H2,1-2H3,(H,22,25)(H,23,26). The predicted octanol–water partition coefficient (Wildman–Crippen LogP) is 4.08. The number of rotatable bonds is 8. The van der Waals surface area contributed by atoms with E-state index in [1.54, 1.807) is 29.3 Å². The number of benzene rings is 1. The van der Waals surface area contributed by atoms with Gasteiger partial charge in [0.2, 0.25) is 11.8 Å². The van der Waals surface area contributed by atoms with Crippen LogP contribution in [0.5, 0.6) is 0 Å². The van der Waals surface area contributed by atoms with Crippen molar-refractivity contribution in [2.75, 3.05) is 11.9 Å². The Kier molecular flexibility index (Phi) is 7.00. The van der Waals surface area contributed by atoms with Gasteiger partial charge in [0.15, 0.2) is 4.34 Å². The summed E-state index contributed by atoms with van der Waals surface area (Å²) in [6, 6.07) is 9.60. The monoisotopic (exact) mass is 414 g/mol. The summed E-state index contributed by atoms with van der Waals surface area (Å²) in [5.74, 6) is 0.723. The van der Waals surface area contributed by atoms with Crippen molar-refractivity contribution in [2.24, 2.45) is 5.92 Å². The fourth-order valence-electron chi connectivity index (χ4n) is 2.50. The molecule has 2 aromatic heterocycles. The lowest BCUT2D eigenvalue weighted by Crippen LogP contribution is -2.33. The van der Waals surface area contributed by atoms with Gasteiger partial charge >= 0.3 is 0 Å². The van der Waals surface area contributed by atoms with Crippen molar-refractivity contribution in [3.8, 4) is 0 Å². The fourth-order valence-corrected chi connectivity index (χ4v) is 4.54. The number of thiazole rings is 1. The Hall–Kier alpha value is -2.45. The van der Waals surface area contributed by atoms with Gasteiger partial charge in [-0.2, -0.15) is 0 Å². The minimum Gasteiger partial charge on any atom is -0.347 e. The molecule has 1 aromatic carbocycles. The Bertz CT molecular complexity index is 957. The number of pyridine rings is 1. The van der Waals surface area contributed by atoms with E-state index in [4.69, 9.17) is 0 Å². The maximum atomic E-state index is 12.1. The highest BCUT2D eigenvalue weighted by molar-refractivity contribution is 8.00. The third-order valence-electron chi connectivity index (χ3n) is 3.78. The van der Waals surface area contributed by atoms with Crippen molar-refractivity contribution in [1.82, 2.24) is 15.3 Å². The van der Waals surface area contributed by atoms with Gasteiger partial charge in [0.1, 0.15) is 0 Å². The summed E-state index contributed by atoms with van der Waals surface area (Å²) in [6.07, 6.45) is 4.03. The minimum atomic E-state index is -0.243. The molecule has 0 unspecified atom stereocenters. The van der Waals surface area contributed by atoms with Gasteiger partial charge in [0.25, 0.3) is 0 Å². The lowest BCUT2D eigenvalue weighted by atomic mass is 10.1. The topological polar surface area (TPSA) is 84.0 Å². The molecule has 2 N–H and O–H groups in total. The van der Waals surface area contributed by atoms with Gasteiger partial charge in [0, 0.05) is 30.3 Å². The number of hydrogen-bond donors (Lipinski definition) is 2. The number of carbonyl (C=O) groups excluding carboxylic acids is 2. The first-order chi connectivity index (χ1) is 13.5. The maximum absolute atomic E-state index is 12.1. The second-order valence-corrected chi connectivity index (χ2v) is 8.99. The van der Waals surface area contributed by atoms with Crippen LogP contribution in [0.4, 0.5) is 5.69 Å². The molecule has 0 aliphatic rings. The quantitative estimate of drug-likeness (QED) is 0.543. The predicted molar refractivity (Wildman–Crippen MR) is 115 cm³/mol. The number of aromatic nitrogens is 2. The van der Waals surface area contributed by atoms with E-state index < -0.39 is 0 Å². The first kappa shape index (κ1) is 20.3. The van der Waals surface area contributed by atoms with E-state index in [0.717, 1.165) is 25.9 Å². The van der Waals surface area contributed by atoms with Crippen LogP contribution in [-0.4, -0.2) is 28.3 Å². The Labute approximate surface area is 172 Å². The van der Waals surface area contributed by atoms with Crippen LogP contribution in [0.25, 0.3) is 10.2 Å². The number of thioether (sulfide) groups is 1. The summed E-state index contributed by atoms with van der Waals surface area (Å²) in [5, 5.41) is 5.46. The fraction of sp³-hybridized carbons (Fsp3) is 0.300. The SMILES string of the molecule is CC(C)CC(=O)NCC(=O)Nc1ccc2nc(SCc3cccnc3)sc2c1. The van der Waals surface area contributed by atoms with Crippen LogP contribution in [0.2, 0.25) is 0 Å². The molecule has 0 saturated heterocycles. The summed E-state index contributed by atoms with van der Waals surface area (Å²) in [5.41, 5.74) is 2.75. The van der Waals surface area contributed by atoms with Crippen LogP contribution in [-0.2, 0) is 15.3 Å². The molecule has 0 saturated carbocycles. The Morgan fingerprint density at radius 1 is 1.21 bits per heavy atom. The second kappa shape index (κ2) is 9.66. The third-order valence-corrected chi connectivity index (χ3v) is 6.01. The average molecular weight is 415 g/mol. The van der Waals surface area contributed by atoms with Gasteiger partial charge in [-0.3, -0.25) is 14.6 Å². The summed E-state index contributed by atoms with van der Waals surface area (Å²) >= 11 is 3.26. The Morgan fingerprint density at radius 3 is 2.82 bits per heavy atom. The molecule has 8 heteroatoms. The number of amides is 2. The number of hydrogen-bond acceptors (Lipinski definition) is 6. The van der Waals surface area contributed by atoms with E-state index in [2.05, 4.69) is 20.6 Å². The van der Waals surface area contributed by atoms with Crippen LogP contribution in [0.3, 0.4) is 0 Å². The zero-order chi connectivity index (χ0) is 19.9. The van der Waals surface area contributed by atoms with E-state index in [-0.39, 0.29) is 24.3 Å². The zero-order valence-corrected chi connectivity index (χ0v) is 17.4. The van der Waals surface area contributed by atoms with Crippen LogP contribution in [0.1, 0.15) is 25.8 Å². The molecule has 6 nitrogen and oxygen atoms in total. The van der Waals surface area contributed by atoms with Gasteiger partial charge in [-0.25, -0.2) is 4.98 Å². The van der Waals surface area contributed by atoms with Crippen LogP contribution >= 0.6 is 23.1 Å². The normalized spacial score (nSPS) is 11.0. The zero-order valence-electron chi connectivity index (χ0n) is 15.8. The molecule has 146 valence electrons. The molecule has 0 aliphatic heterocycles. The van der Waals surface area contributed by atoms with E-state index in [1.807, 2.05) is 50.4 Å². The molecule has 0 aliphatic carbocycles. The molecule has 2 heterocycles. The molecule has 2 amide bonds. The van der Waals surface area contributed by atoms with Crippen LogP contribution in [0.15, 0.2) is 47.1 Å². The molecular weight excluding hydrogens is 392 g/mol. The molecule has 0 atom stereocenters. The van der Waals surface area contributed by atoms with Gasteiger partial charge in [-0.15, -0.1) is 11.3 Å². The van der Waals surface area contributed by atoms with E-state index in [0.29, 0.717) is 12.1 Å². The van der Waals surface area contributed by atoms with Crippen molar-refractivity contribution in [3.05, 3.63) is 48.3 Å². The van der Waals surface area contributed by atoms with Crippen molar-refractivity contribution >= 4 is 50.8 Å². The highest BCUT2D eigenvalue weighted by Gasteiger charge is 2.10. The van der Waals surface area contributed by atoms with Gasteiger partial charge < -0.3 is 10.6 Å². The lowest BCUT2D eigenvalue weighted by Gasteiger charge is -2.08. The van der Waals surface area contributed by atoms with Crippen molar-refractivity contribution < 1.29 is 9.59 Å². The first-order valence-corrected chi connectivity index (χ1v) is 10.8. The Morgan fingerprint density at radius 2 is 2.07 bits per heavy atom. The van der Waals surface area contributed by atoms with Crippen molar-refractivity contribution in [3.63, 3.8) is 0 Å². The van der Waals surface area contributed by atoms with Gasteiger partial charge in [-0.1, -0.05) is 31.7 Å². The molecule has 28 heavy (non-hydrogen) atoms. The van der Waals surface area contributed by atoms with E-state index in [9.17, 15) is 9.59 Å². The van der Waals surface area contributed by atoms with Crippen LogP contribution in [0, 0.1) is 5.92 Å². The molecule has 0 fully saturated rings. The number of carbonyl (C=O) groups is 2. The summed E-state index contributed by atoms with van der Waals surface area (Å²) in [7, 11) is 0. The minimum absolute atomic E-state index is 0.0293. The number of anilines is 1. The molecular formula is C20H22N4O2S2. The summed E-state index contributed by atoms with van der Waals surface area (Å²) in [6.45, 7) is 3.90. The van der Waals surface area contributed by atoms with E-state index >= 15 is 0 Å². The molecule has 3 aromatic rings. The summed E-state index contributed by atoms with van der Waals surface area (Å²) < 4.78 is 1.98. The molecule has 3 rings (SSSR count).